The first-order valence-corrected chi connectivity index (χ1v) is 7.74. The number of nitrogens with one attached hydrogen (secondary N) is 1. The molecule has 1 unspecified atom stereocenters. The van der Waals surface area contributed by atoms with Gasteiger partial charge in [-0.3, -0.25) is 4.79 Å². The van der Waals surface area contributed by atoms with E-state index in [1.165, 1.54) is 6.42 Å². The summed E-state index contributed by atoms with van der Waals surface area (Å²) in [7, 11) is 0. The SMILES string of the molecule is CC1(C)CCC(NC(=O)c2ccc3c(c2)OCCCO3)C1. The van der Waals surface area contributed by atoms with E-state index in [9.17, 15) is 4.79 Å². The minimum absolute atomic E-state index is 0.0200. The lowest BCUT2D eigenvalue weighted by Crippen LogP contribution is -2.33. The van der Waals surface area contributed by atoms with E-state index >= 15 is 0 Å². The first-order chi connectivity index (χ1) is 10.0. The lowest BCUT2D eigenvalue weighted by molar-refractivity contribution is 0.0935. The van der Waals surface area contributed by atoms with Crippen LogP contribution in [0.1, 0.15) is 49.9 Å². The van der Waals surface area contributed by atoms with Crippen molar-refractivity contribution in [3.8, 4) is 11.5 Å². The summed E-state index contributed by atoms with van der Waals surface area (Å²) in [4.78, 5) is 12.4. The van der Waals surface area contributed by atoms with Gasteiger partial charge in [0.15, 0.2) is 11.5 Å². The van der Waals surface area contributed by atoms with Crippen LogP contribution in [-0.2, 0) is 0 Å². The smallest absolute Gasteiger partial charge is 0.251 e. The van der Waals surface area contributed by atoms with Crippen LogP contribution in [0.4, 0.5) is 0 Å². The first-order valence-electron chi connectivity index (χ1n) is 7.74. The largest absolute Gasteiger partial charge is 0.490 e. The Kier molecular flexibility index (Phi) is 3.79. The summed E-state index contributed by atoms with van der Waals surface area (Å²) < 4.78 is 11.2. The Hall–Kier alpha value is -1.71. The molecule has 0 spiro atoms. The Morgan fingerprint density at radius 3 is 2.71 bits per heavy atom. The van der Waals surface area contributed by atoms with E-state index in [-0.39, 0.29) is 11.9 Å². The molecular weight excluding hydrogens is 266 g/mol. The monoisotopic (exact) mass is 289 g/mol. The maximum atomic E-state index is 12.4. The fourth-order valence-corrected chi connectivity index (χ4v) is 3.13. The Morgan fingerprint density at radius 2 is 2.00 bits per heavy atom. The van der Waals surface area contributed by atoms with Gasteiger partial charge in [0.25, 0.3) is 5.91 Å². The lowest BCUT2D eigenvalue weighted by Gasteiger charge is -2.18. The van der Waals surface area contributed by atoms with Crippen LogP contribution in [0, 0.1) is 5.41 Å². The highest BCUT2D eigenvalue weighted by molar-refractivity contribution is 5.95. The van der Waals surface area contributed by atoms with Gasteiger partial charge >= 0.3 is 0 Å². The van der Waals surface area contributed by atoms with Crippen molar-refractivity contribution >= 4 is 5.91 Å². The molecule has 1 amide bonds. The van der Waals surface area contributed by atoms with Crippen LogP contribution in [0.15, 0.2) is 18.2 Å². The molecule has 4 nitrogen and oxygen atoms in total. The number of carbonyl (C=O) groups excluding carboxylic acids is 1. The molecule has 2 aliphatic rings. The molecule has 114 valence electrons. The highest BCUT2D eigenvalue weighted by atomic mass is 16.5. The van der Waals surface area contributed by atoms with Crippen molar-refractivity contribution in [2.75, 3.05) is 13.2 Å². The summed E-state index contributed by atoms with van der Waals surface area (Å²) in [5.41, 5.74) is 0.979. The molecular formula is C17H23NO3. The number of rotatable bonds is 2. The van der Waals surface area contributed by atoms with Crippen LogP contribution >= 0.6 is 0 Å². The van der Waals surface area contributed by atoms with Crippen LogP contribution in [0.5, 0.6) is 11.5 Å². The summed E-state index contributed by atoms with van der Waals surface area (Å²) >= 11 is 0. The molecule has 1 aliphatic carbocycles. The second kappa shape index (κ2) is 5.58. The fourth-order valence-electron chi connectivity index (χ4n) is 3.13. The van der Waals surface area contributed by atoms with Crippen molar-refractivity contribution in [2.45, 2.75) is 45.6 Å². The van der Waals surface area contributed by atoms with Gasteiger partial charge in [0.05, 0.1) is 13.2 Å². The number of hydrogen-bond acceptors (Lipinski definition) is 3. The molecule has 0 radical (unpaired) electrons. The van der Waals surface area contributed by atoms with Gasteiger partial charge in [0, 0.05) is 18.0 Å². The van der Waals surface area contributed by atoms with Crippen LogP contribution in [-0.4, -0.2) is 25.2 Å². The van der Waals surface area contributed by atoms with Crippen molar-refractivity contribution in [1.29, 1.82) is 0 Å². The highest BCUT2D eigenvalue weighted by Gasteiger charge is 2.31. The molecule has 1 atom stereocenters. The number of carbonyl (C=O) groups is 1. The summed E-state index contributed by atoms with van der Waals surface area (Å²) in [5.74, 6) is 1.38. The van der Waals surface area contributed by atoms with Gasteiger partial charge in [-0.15, -0.1) is 0 Å². The third kappa shape index (κ3) is 3.31. The van der Waals surface area contributed by atoms with Gasteiger partial charge in [0.2, 0.25) is 0 Å². The summed E-state index contributed by atoms with van der Waals surface area (Å²) in [5, 5.41) is 3.14. The predicted molar refractivity (Wildman–Crippen MR) is 80.9 cm³/mol. The van der Waals surface area contributed by atoms with Crippen molar-refractivity contribution in [3.63, 3.8) is 0 Å². The maximum absolute atomic E-state index is 12.4. The molecule has 1 aromatic carbocycles. The number of hydrogen-bond donors (Lipinski definition) is 1. The summed E-state index contributed by atoms with van der Waals surface area (Å²) in [6, 6.07) is 5.70. The van der Waals surface area contributed by atoms with Crippen LogP contribution in [0.25, 0.3) is 0 Å². The van der Waals surface area contributed by atoms with Crippen molar-refractivity contribution in [2.24, 2.45) is 5.41 Å². The first kappa shape index (κ1) is 14.2. The predicted octanol–water partition coefficient (Wildman–Crippen LogP) is 3.16. The Bertz CT molecular complexity index is 539. The number of fused-ring (bicyclic) bond motifs is 1. The van der Waals surface area contributed by atoms with E-state index in [2.05, 4.69) is 19.2 Å². The standard InChI is InChI=1S/C17H23NO3/c1-17(2)7-6-13(11-17)18-16(19)12-4-5-14-15(10-12)21-9-3-8-20-14/h4-5,10,13H,3,6-9,11H2,1-2H3,(H,18,19). The maximum Gasteiger partial charge on any atom is 0.251 e. The molecule has 0 bridgehead atoms. The van der Waals surface area contributed by atoms with Crippen molar-refractivity contribution in [1.82, 2.24) is 5.32 Å². The molecule has 4 heteroatoms. The summed E-state index contributed by atoms with van der Waals surface area (Å²) in [6.07, 6.45) is 4.14. The van der Waals surface area contributed by atoms with Crippen molar-refractivity contribution < 1.29 is 14.3 Å². The van der Waals surface area contributed by atoms with E-state index in [4.69, 9.17) is 9.47 Å². The zero-order valence-corrected chi connectivity index (χ0v) is 12.8. The van der Waals surface area contributed by atoms with Crippen LogP contribution in [0.3, 0.4) is 0 Å². The molecule has 0 aromatic heterocycles. The van der Waals surface area contributed by atoms with E-state index in [1.807, 2.05) is 12.1 Å². The summed E-state index contributed by atoms with van der Waals surface area (Å²) in [6.45, 7) is 5.81. The van der Waals surface area contributed by atoms with E-state index in [0.29, 0.717) is 29.9 Å². The van der Waals surface area contributed by atoms with Gasteiger partial charge in [-0.05, 0) is 42.9 Å². The van der Waals surface area contributed by atoms with E-state index < -0.39 is 0 Å². The minimum atomic E-state index is -0.0200. The third-order valence-electron chi connectivity index (χ3n) is 4.31. The van der Waals surface area contributed by atoms with Crippen LogP contribution in [0.2, 0.25) is 0 Å². The normalized spacial score (nSPS) is 23.4. The van der Waals surface area contributed by atoms with E-state index in [0.717, 1.165) is 25.0 Å². The quantitative estimate of drug-likeness (QED) is 0.909. The Morgan fingerprint density at radius 1 is 1.24 bits per heavy atom. The molecule has 3 rings (SSSR count). The van der Waals surface area contributed by atoms with Gasteiger partial charge in [-0.2, -0.15) is 0 Å². The van der Waals surface area contributed by atoms with Gasteiger partial charge in [-0.1, -0.05) is 13.8 Å². The Labute approximate surface area is 125 Å². The molecule has 1 saturated carbocycles. The number of benzene rings is 1. The topological polar surface area (TPSA) is 47.6 Å². The van der Waals surface area contributed by atoms with E-state index in [1.54, 1.807) is 6.07 Å². The molecule has 0 saturated heterocycles. The molecule has 1 heterocycles. The third-order valence-corrected chi connectivity index (χ3v) is 4.31. The molecule has 1 aliphatic heterocycles. The van der Waals surface area contributed by atoms with Gasteiger partial charge < -0.3 is 14.8 Å². The molecule has 21 heavy (non-hydrogen) atoms. The number of ether oxygens (including phenoxy) is 2. The van der Waals surface area contributed by atoms with Gasteiger partial charge in [-0.25, -0.2) is 0 Å². The minimum Gasteiger partial charge on any atom is -0.490 e. The second-order valence-corrected chi connectivity index (χ2v) is 6.79. The average Bonchev–Trinajstić information content (AvgIpc) is 2.65. The van der Waals surface area contributed by atoms with Crippen LogP contribution < -0.4 is 14.8 Å². The van der Waals surface area contributed by atoms with Crippen molar-refractivity contribution in [3.05, 3.63) is 23.8 Å². The van der Waals surface area contributed by atoms with Gasteiger partial charge in [0.1, 0.15) is 0 Å². The zero-order valence-electron chi connectivity index (χ0n) is 12.8. The average molecular weight is 289 g/mol. The lowest BCUT2D eigenvalue weighted by atomic mass is 9.92. The fraction of sp³-hybridized carbons (Fsp3) is 0.588. The highest BCUT2D eigenvalue weighted by Crippen LogP contribution is 2.37. The molecule has 1 fully saturated rings. The molecule has 1 aromatic rings. The second-order valence-electron chi connectivity index (χ2n) is 6.79. The molecule has 1 N–H and O–H groups in total. The number of amides is 1. The Balaban J connectivity index is 1.69. The zero-order chi connectivity index (χ0) is 14.9.